The van der Waals surface area contributed by atoms with Crippen molar-refractivity contribution in [2.24, 2.45) is 0 Å². The Morgan fingerprint density at radius 2 is 1.71 bits per heavy atom. The minimum atomic E-state index is -1.18. The summed E-state index contributed by atoms with van der Waals surface area (Å²) in [5, 5.41) is 0. The van der Waals surface area contributed by atoms with Gasteiger partial charge in [-0.15, -0.1) is 11.8 Å². The average molecular weight is 433 g/mol. The molecule has 1 fully saturated rings. The Labute approximate surface area is 184 Å². The summed E-state index contributed by atoms with van der Waals surface area (Å²) in [6.45, 7) is 4.12. The van der Waals surface area contributed by atoms with Crippen LogP contribution in [-0.4, -0.2) is 17.6 Å². The van der Waals surface area contributed by atoms with E-state index >= 15 is 0 Å². The molecule has 0 saturated carbocycles. The molecule has 0 unspecified atom stereocenters. The first-order chi connectivity index (χ1) is 14.9. The zero-order valence-corrected chi connectivity index (χ0v) is 18.1. The predicted octanol–water partition coefficient (Wildman–Crippen LogP) is 4.92. The number of hydrogen-bond acceptors (Lipinski definition) is 3. The first-order valence-electron chi connectivity index (χ1n) is 10.1. The lowest BCUT2D eigenvalue weighted by Gasteiger charge is -2.33. The number of carbonyl (C=O) groups is 2. The number of anilines is 2. The normalized spacial score (nSPS) is 20.1. The van der Waals surface area contributed by atoms with E-state index in [9.17, 15) is 14.0 Å². The monoisotopic (exact) mass is 432 g/mol. The lowest BCUT2D eigenvalue weighted by Crippen LogP contribution is -2.49. The Kier molecular flexibility index (Phi) is 4.63. The number of halogens is 1. The maximum absolute atomic E-state index is 14.4. The zero-order valence-electron chi connectivity index (χ0n) is 17.3. The fourth-order valence-electron chi connectivity index (χ4n) is 4.37. The van der Waals surface area contributed by atoms with Crippen molar-refractivity contribution < 1.29 is 14.0 Å². The molecule has 0 bridgehead atoms. The molecule has 0 aromatic heterocycles. The molecule has 4 nitrogen and oxygen atoms in total. The Morgan fingerprint density at radius 1 is 0.968 bits per heavy atom. The summed E-state index contributed by atoms with van der Waals surface area (Å²) in [6, 6.07) is 19.8. The fraction of sp³-hybridized carbons (Fsp3) is 0.200. The van der Waals surface area contributed by atoms with Gasteiger partial charge in [0.15, 0.2) is 0 Å². The lowest BCUT2D eigenvalue weighted by atomic mass is 10.0. The van der Waals surface area contributed by atoms with E-state index in [1.807, 2.05) is 56.3 Å². The maximum atomic E-state index is 14.4. The average Bonchev–Trinajstić information content (AvgIpc) is 3.23. The molecule has 2 heterocycles. The molecule has 1 spiro atoms. The Hall–Kier alpha value is -3.12. The Bertz CT molecular complexity index is 1230. The second-order valence-electron chi connectivity index (χ2n) is 7.93. The van der Waals surface area contributed by atoms with E-state index in [0.717, 1.165) is 16.7 Å². The minimum absolute atomic E-state index is 0.107. The van der Waals surface area contributed by atoms with Gasteiger partial charge in [0, 0.05) is 16.8 Å². The van der Waals surface area contributed by atoms with Crippen LogP contribution >= 0.6 is 11.8 Å². The third-order valence-corrected chi connectivity index (χ3v) is 7.48. The first kappa shape index (κ1) is 19.8. The molecule has 1 atom stereocenters. The topological polar surface area (TPSA) is 40.6 Å². The van der Waals surface area contributed by atoms with Crippen LogP contribution in [0.4, 0.5) is 15.8 Å². The molecule has 0 radical (unpaired) electrons. The van der Waals surface area contributed by atoms with Gasteiger partial charge in [-0.1, -0.05) is 42.5 Å². The number of amides is 2. The van der Waals surface area contributed by atoms with E-state index < -0.39 is 4.87 Å². The van der Waals surface area contributed by atoms with E-state index in [1.54, 1.807) is 28.0 Å². The van der Waals surface area contributed by atoms with Crippen LogP contribution in [0.1, 0.15) is 22.3 Å². The van der Waals surface area contributed by atoms with Crippen molar-refractivity contribution in [1.82, 2.24) is 0 Å². The van der Waals surface area contributed by atoms with E-state index in [2.05, 4.69) is 0 Å². The van der Waals surface area contributed by atoms with Crippen LogP contribution in [0.3, 0.4) is 0 Å². The van der Waals surface area contributed by atoms with Crippen LogP contribution in [0.5, 0.6) is 0 Å². The highest BCUT2D eigenvalue weighted by Gasteiger charge is 2.60. The van der Waals surface area contributed by atoms with Gasteiger partial charge in [-0.2, -0.15) is 0 Å². The van der Waals surface area contributed by atoms with Crippen LogP contribution < -0.4 is 9.80 Å². The third kappa shape index (κ3) is 2.89. The van der Waals surface area contributed by atoms with Crippen LogP contribution in [0.15, 0.2) is 66.7 Å². The molecule has 0 N–H and O–H groups in total. The summed E-state index contributed by atoms with van der Waals surface area (Å²) in [5.74, 6) is -0.467. The van der Waals surface area contributed by atoms with Gasteiger partial charge in [0.05, 0.1) is 18.0 Å². The molecule has 3 aromatic rings. The van der Waals surface area contributed by atoms with Crippen LogP contribution in [0.2, 0.25) is 0 Å². The second-order valence-corrected chi connectivity index (χ2v) is 9.10. The highest BCUT2D eigenvalue weighted by atomic mass is 32.2. The largest absolute Gasteiger partial charge is 0.304 e. The van der Waals surface area contributed by atoms with Crippen LogP contribution in [0, 0.1) is 19.7 Å². The van der Waals surface area contributed by atoms with Gasteiger partial charge < -0.3 is 4.90 Å². The van der Waals surface area contributed by atoms with Crippen molar-refractivity contribution in [3.63, 3.8) is 0 Å². The van der Waals surface area contributed by atoms with Gasteiger partial charge in [0.25, 0.3) is 5.91 Å². The SMILES string of the molecule is Cc1ccc(N2C(=O)CS[C@]23C(=O)N(Cc2ccccc2F)c2ccccc23)cc1C. The number of thioether (sulfide) groups is 1. The van der Waals surface area contributed by atoms with Crippen molar-refractivity contribution in [3.05, 3.63) is 94.8 Å². The summed E-state index contributed by atoms with van der Waals surface area (Å²) >= 11 is 1.33. The number of nitrogens with zero attached hydrogens (tertiary/aromatic N) is 2. The van der Waals surface area contributed by atoms with Crippen molar-refractivity contribution in [1.29, 1.82) is 0 Å². The molecular weight excluding hydrogens is 411 g/mol. The Balaban J connectivity index is 1.66. The molecule has 156 valence electrons. The number of aryl methyl sites for hydroxylation is 2. The zero-order chi connectivity index (χ0) is 21.8. The van der Waals surface area contributed by atoms with Gasteiger partial charge in [0.2, 0.25) is 10.8 Å². The standard InChI is InChI=1S/C25H21FN2O2S/c1-16-11-12-19(13-17(16)2)28-23(29)15-31-25(28)20-8-4-6-10-22(20)27(24(25)30)14-18-7-3-5-9-21(18)26/h3-13H,14-15H2,1-2H3/t25-/m1/s1. The molecule has 3 aromatic carbocycles. The summed E-state index contributed by atoms with van der Waals surface area (Å²) in [5.41, 5.74) is 4.80. The number of hydrogen-bond donors (Lipinski definition) is 0. The molecule has 1 saturated heterocycles. The van der Waals surface area contributed by atoms with Crippen molar-refractivity contribution in [2.75, 3.05) is 15.6 Å². The number of para-hydroxylation sites is 1. The first-order valence-corrected chi connectivity index (χ1v) is 11.1. The fourth-order valence-corrected chi connectivity index (χ4v) is 5.73. The molecule has 2 aliphatic rings. The van der Waals surface area contributed by atoms with Gasteiger partial charge in [-0.25, -0.2) is 4.39 Å². The number of benzene rings is 3. The van der Waals surface area contributed by atoms with Crippen molar-refractivity contribution >= 4 is 35.0 Å². The highest BCUT2D eigenvalue weighted by molar-refractivity contribution is 8.02. The van der Waals surface area contributed by atoms with Crippen LogP contribution in [0.25, 0.3) is 0 Å². The van der Waals surface area contributed by atoms with Crippen LogP contribution in [-0.2, 0) is 21.0 Å². The Morgan fingerprint density at radius 3 is 2.48 bits per heavy atom. The van der Waals surface area contributed by atoms with Crippen molar-refractivity contribution in [2.45, 2.75) is 25.3 Å². The molecule has 2 aliphatic heterocycles. The van der Waals surface area contributed by atoms with Gasteiger partial charge in [-0.3, -0.25) is 14.5 Å². The van der Waals surface area contributed by atoms with Gasteiger partial charge >= 0.3 is 0 Å². The maximum Gasteiger partial charge on any atom is 0.269 e. The summed E-state index contributed by atoms with van der Waals surface area (Å²) in [7, 11) is 0. The summed E-state index contributed by atoms with van der Waals surface area (Å²) < 4.78 is 14.4. The van der Waals surface area contributed by atoms with E-state index in [0.29, 0.717) is 16.9 Å². The molecule has 0 aliphatic carbocycles. The predicted molar refractivity (Wildman–Crippen MR) is 122 cm³/mol. The van der Waals surface area contributed by atoms with E-state index in [-0.39, 0.29) is 29.9 Å². The molecule has 2 amide bonds. The van der Waals surface area contributed by atoms with E-state index in [1.165, 1.54) is 17.8 Å². The van der Waals surface area contributed by atoms with Gasteiger partial charge in [0.1, 0.15) is 5.82 Å². The van der Waals surface area contributed by atoms with E-state index in [4.69, 9.17) is 0 Å². The van der Waals surface area contributed by atoms with Crippen molar-refractivity contribution in [3.8, 4) is 0 Å². The summed E-state index contributed by atoms with van der Waals surface area (Å²) in [4.78, 5) is 29.1. The third-order valence-electron chi connectivity index (χ3n) is 6.10. The second kappa shape index (κ2) is 7.24. The van der Waals surface area contributed by atoms with Gasteiger partial charge in [-0.05, 0) is 49.2 Å². The number of rotatable bonds is 3. The molecular formula is C25H21FN2O2S. The lowest BCUT2D eigenvalue weighted by molar-refractivity contribution is -0.123. The quantitative estimate of drug-likeness (QED) is 0.590. The molecule has 31 heavy (non-hydrogen) atoms. The molecule has 6 heteroatoms. The number of carbonyl (C=O) groups excluding carboxylic acids is 2. The molecule has 5 rings (SSSR count). The smallest absolute Gasteiger partial charge is 0.269 e. The highest BCUT2D eigenvalue weighted by Crippen LogP contribution is 2.56. The number of fused-ring (bicyclic) bond motifs is 2. The minimum Gasteiger partial charge on any atom is -0.304 e. The summed E-state index contributed by atoms with van der Waals surface area (Å²) in [6.07, 6.45) is 0.